The number of fused-ring (bicyclic) bond motifs is 2. The molecule has 4 aromatic heterocycles. The smallest absolute Gasteiger partial charge is 0.407 e. The van der Waals surface area contributed by atoms with E-state index in [-0.39, 0.29) is 11.1 Å². The van der Waals surface area contributed by atoms with Gasteiger partial charge in [-0.05, 0) is 50.5 Å². The minimum Gasteiger partial charge on any atom is -0.465 e. The van der Waals surface area contributed by atoms with Crippen molar-refractivity contribution in [1.29, 1.82) is 0 Å². The third kappa shape index (κ3) is 3.12. The summed E-state index contributed by atoms with van der Waals surface area (Å²) >= 11 is 0. The van der Waals surface area contributed by atoms with Crippen molar-refractivity contribution in [3.05, 3.63) is 58.3 Å². The monoisotopic (exact) mass is 445 g/mol. The summed E-state index contributed by atoms with van der Waals surface area (Å²) in [5, 5.41) is 14.1. The van der Waals surface area contributed by atoms with Crippen LogP contribution in [-0.4, -0.2) is 65.3 Å². The van der Waals surface area contributed by atoms with Gasteiger partial charge < -0.3 is 10.0 Å². The third-order valence-electron chi connectivity index (χ3n) is 6.71. The molecule has 1 saturated heterocycles. The van der Waals surface area contributed by atoms with Crippen LogP contribution in [0.4, 0.5) is 10.5 Å². The van der Waals surface area contributed by atoms with E-state index in [9.17, 15) is 14.7 Å². The Kier molecular flexibility index (Phi) is 4.05. The highest BCUT2D eigenvalue weighted by Crippen LogP contribution is 2.45. The molecule has 0 aromatic carbocycles. The third-order valence-corrected chi connectivity index (χ3v) is 6.71. The second-order valence-electron chi connectivity index (χ2n) is 9.04. The quantitative estimate of drug-likeness (QED) is 0.505. The van der Waals surface area contributed by atoms with Gasteiger partial charge in [-0.25, -0.2) is 19.3 Å². The summed E-state index contributed by atoms with van der Waals surface area (Å²) in [5.74, 6) is 0. The molecule has 6 rings (SSSR count). The van der Waals surface area contributed by atoms with Crippen LogP contribution in [0.5, 0.6) is 0 Å². The highest BCUT2D eigenvalue weighted by atomic mass is 16.4. The van der Waals surface area contributed by atoms with Crippen LogP contribution < -0.4 is 10.5 Å². The molecule has 0 atom stereocenters. The maximum Gasteiger partial charge on any atom is 0.407 e. The van der Waals surface area contributed by atoms with E-state index in [4.69, 9.17) is 0 Å². The molecular weight excluding hydrogens is 422 g/mol. The number of pyridine rings is 1. The Morgan fingerprint density at radius 1 is 1.06 bits per heavy atom. The summed E-state index contributed by atoms with van der Waals surface area (Å²) in [6, 6.07) is 7.17. The highest BCUT2D eigenvalue weighted by Gasteiger charge is 2.53. The van der Waals surface area contributed by atoms with Gasteiger partial charge in [0.2, 0.25) is 0 Å². The normalized spacial score (nSPS) is 17.3. The first-order valence-corrected chi connectivity index (χ1v) is 11.0. The number of rotatable bonds is 2. The van der Waals surface area contributed by atoms with Gasteiger partial charge >= 0.3 is 6.09 Å². The number of nitrogens with zero attached hydrogens (tertiary/aromatic N) is 7. The van der Waals surface area contributed by atoms with Crippen molar-refractivity contribution in [3.63, 3.8) is 0 Å². The van der Waals surface area contributed by atoms with E-state index in [1.807, 2.05) is 38.2 Å². The van der Waals surface area contributed by atoms with Gasteiger partial charge in [0.05, 0.1) is 28.8 Å². The molecule has 2 fully saturated rings. The van der Waals surface area contributed by atoms with Crippen molar-refractivity contribution in [2.45, 2.75) is 32.2 Å². The zero-order valence-electron chi connectivity index (χ0n) is 18.4. The molecule has 10 heteroatoms. The lowest BCUT2D eigenvalue weighted by atomic mass is 10.1. The lowest BCUT2D eigenvalue weighted by Gasteiger charge is -2.41. The fourth-order valence-corrected chi connectivity index (χ4v) is 4.85. The number of amides is 1. The van der Waals surface area contributed by atoms with Crippen LogP contribution in [0.2, 0.25) is 0 Å². The molecule has 0 bridgehead atoms. The Bertz CT molecular complexity index is 1500. The van der Waals surface area contributed by atoms with Crippen LogP contribution >= 0.6 is 0 Å². The van der Waals surface area contributed by atoms with Gasteiger partial charge in [-0.1, -0.05) is 0 Å². The molecule has 168 valence electrons. The molecule has 1 saturated carbocycles. The second kappa shape index (κ2) is 6.77. The van der Waals surface area contributed by atoms with E-state index < -0.39 is 6.09 Å². The Labute approximate surface area is 188 Å². The Morgan fingerprint density at radius 3 is 2.64 bits per heavy atom. The van der Waals surface area contributed by atoms with Gasteiger partial charge in [0.25, 0.3) is 5.56 Å². The van der Waals surface area contributed by atoms with Crippen LogP contribution in [0, 0.1) is 13.8 Å². The molecule has 0 radical (unpaired) electrons. The average Bonchev–Trinajstić information content (AvgIpc) is 3.42. The molecular formula is C23H23N7O3. The maximum atomic E-state index is 13.0. The zero-order chi connectivity index (χ0) is 22.9. The maximum absolute atomic E-state index is 13.0. The first kappa shape index (κ1) is 19.7. The molecule has 0 unspecified atom stereocenters. The van der Waals surface area contributed by atoms with Crippen molar-refractivity contribution in [2.75, 3.05) is 24.5 Å². The number of carboxylic acid groups (broad SMARTS) is 1. The number of aryl methyl sites for hydroxylation is 2. The lowest BCUT2D eigenvalue weighted by Crippen LogP contribution is -2.56. The van der Waals surface area contributed by atoms with Gasteiger partial charge in [-0.2, -0.15) is 5.10 Å². The standard InChI is InChI=1S/C23H23N7O3/c1-14-9-18(26-30-11-15(2)24-21(14)30)17-10-20(31)28-12-16(3-4-19(28)25-17)27-7-8-29(22(32)33)23(13-27)5-6-23/h3-4,9-12H,5-8,13H2,1-2H3,(H,32,33). The largest absolute Gasteiger partial charge is 0.465 e. The fraction of sp³-hybridized carbons (Fsp3) is 0.348. The van der Waals surface area contributed by atoms with Crippen molar-refractivity contribution in [1.82, 2.24) is 28.9 Å². The Balaban J connectivity index is 1.36. The van der Waals surface area contributed by atoms with E-state index in [1.54, 1.807) is 15.6 Å². The van der Waals surface area contributed by atoms with Crippen LogP contribution in [0.1, 0.15) is 24.1 Å². The highest BCUT2D eigenvalue weighted by molar-refractivity contribution is 5.68. The van der Waals surface area contributed by atoms with Crippen molar-refractivity contribution in [3.8, 4) is 11.4 Å². The summed E-state index contributed by atoms with van der Waals surface area (Å²) < 4.78 is 3.26. The van der Waals surface area contributed by atoms with Crippen LogP contribution in [0.15, 0.2) is 41.5 Å². The van der Waals surface area contributed by atoms with E-state index in [1.165, 1.54) is 10.5 Å². The summed E-state index contributed by atoms with van der Waals surface area (Å²) in [7, 11) is 0. The molecule has 1 N–H and O–H groups in total. The van der Waals surface area contributed by atoms with Gasteiger partial charge in [-0.3, -0.25) is 14.1 Å². The average molecular weight is 445 g/mol. The molecule has 5 heterocycles. The van der Waals surface area contributed by atoms with Gasteiger partial charge in [-0.15, -0.1) is 0 Å². The van der Waals surface area contributed by atoms with Crippen LogP contribution in [0.25, 0.3) is 22.7 Å². The summed E-state index contributed by atoms with van der Waals surface area (Å²) in [6.45, 7) is 5.56. The van der Waals surface area contributed by atoms with Crippen LogP contribution in [-0.2, 0) is 0 Å². The zero-order valence-corrected chi connectivity index (χ0v) is 18.4. The molecule has 2 aliphatic rings. The van der Waals surface area contributed by atoms with Gasteiger partial charge in [0, 0.05) is 31.9 Å². The number of hydrogen-bond acceptors (Lipinski definition) is 6. The molecule has 4 aromatic rings. The molecule has 1 aliphatic carbocycles. The molecule has 33 heavy (non-hydrogen) atoms. The molecule has 1 amide bonds. The predicted octanol–water partition coefficient (Wildman–Crippen LogP) is 2.35. The van der Waals surface area contributed by atoms with Crippen molar-refractivity contribution in [2.24, 2.45) is 0 Å². The number of hydrogen-bond donors (Lipinski definition) is 1. The number of carbonyl (C=O) groups is 1. The number of anilines is 1. The fourth-order valence-electron chi connectivity index (χ4n) is 4.85. The van der Waals surface area contributed by atoms with Gasteiger partial charge in [0.1, 0.15) is 11.3 Å². The molecule has 1 spiro atoms. The van der Waals surface area contributed by atoms with E-state index >= 15 is 0 Å². The number of imidazole rings is 1. The minimum atomic E-state index is -0.855. The van der Waals surface area contributed by atoms with Gasteiger partial charge in [0.15, 0.2) is 5.65 Å². The summed E-state index contributed by atoms with van der Waals surface area (Å²) in [4.78, 5) is 37.5. The van der Waals surface area contributed by atoms with E-state index in [0.29, 0.717) is 36.7 Å². The number of aromatic nitrogens is 5. The predicted molar refractivity (Wildman–Crippen MR) is 122 cm³/mol. The Morgan fingerprint density at radius 2 is 1.88 bits per heavy atom. The van der Waals surface area contributed by atoms with Crippen molar-refractivity contribution >= 4 is 23.1 Å². The first-order valence-electron chi connectivity index (χ1n) is 11.0. The molecule has 10 nitrogen and oxygen atoms in total. The van der Waals surface area contributed by atoms with E-state index in [0.717, 1.165) is 35.4 Å². The minimum absolute atomic E-state index is 0.191. The van der Waals surface area contributed by atoms with Crippen molar-refractivity contribution < 1.29 is 9.90 Å². The van der Waals surface area contributed by atoms with E-state index in [2.05, 4.69) is 20.0 Å². The van der Waals surface area contributed by atoms with Crippen LogP contribution in [0.3, 0.4) is 0 Å². The summed E-state index contributed by atoms with van der Waals surface area (Å²) in [5.41, 5.74) is 4.68. The topological polar surface area (TPSA) is 108 Å². The lowest BCUT2D eigenvalue weighted by molar-refractivity contribution is 0.110. The summed E-state index contributed by atoms with van der Waals surface area (Å²) in [6.07, 6.45) is 4.54. The second-order valence-corrected chi connectivity index (χ2v) is 9.04. The number of piperazine rings is 1. The molecule has 1 aliphatic heterocycles. The first-order chi connectivity index (χ1) is 15.8. The SMILES string of the molecule is Cc1cn2nc(-c3cc(=O)n4cc(N5CCN(C(=O)O)C6(CC6)C5)ccc4n3)cc(C)c2n1. The Hall–Kier alpha value is -3.95.